The zero-order valence-electron chi connectivity index (χ0n) is 10.4. The van der Waals surface area contributed by atoms with Crippen LogP contribution in [0.15, 0.2) is 48.5 Å². The lowest BCUT2D eigenvalue weighted by Crippen LogP contribution is -2.26. The van der Waals surface area contributed by atoms with E-state index >= 15 is 0 Å². The molecule has 104 valence electrons. The standard InChI is InChI=1S/C15H12Cl2FNO/c16-12-7-6-11(8-14(12)18)15(20)19-9-13(17)10-4-2-1-3-5-10/h1-8,13H,9H2,(H,19,20). The number of hydrogen-bond acceptors (Lipinski definition) is 1. The summed E-state index contributed by atoms with van der Waals surface area (Å²) in [5, 5.41) is 2.31. The van der Waals surface area contributed by atoms with Crippen LogP contribution in [0.1, 0.15) is 21.3 Å². The summed E-state index contributed by atoms with van der Waals surface area (Å²) in [7, 11) is 0. The van der Waals surface area contributed by atoms with Gasteiger partial charge in [0.25, 0.3) is 5.91 Å². The van der Waals surface area contributed by atoms with E-state index in [2.05, 4.69) is 5.32 Å². The van der Waals surface area contributed by atoms with Crippen molar-refractivity contribution in [3.63, 3.8) is 0 Å². The van der Waals surface area contributed by atoms with Crippen molar-refractivity contribution in [3.8, 4) is 0 Å². The quantitative estimate of drug-likeness (QED) is 0.843. The van der Waals surface area contributed by atoms with Gasteiger partial charge in [0.2, 0.25) is 0 Å². The van der Waals surface area contributed by atoms with Crippen molar-refractivity contribution >= 4 is 29.1 Å². The van der Waals surface area contributed by atoms with Crippen molar-refractivity contribution in [1.82, 2.24) is 5.32 Å². The highest BCUT2D eigenvalue weighted by Crippen LogP contribution is 2.19. The maximum absolute atomic E-state index is 13.3. The molecule has 0 radical (unpaired) electrons. The Labute approximate surface area is 126 Å². The maximum atomic E-state index is 13.3. The average Bonchev–Trinajstić information content (AvgIpc) is 2.48. The Morgan fingerprint density at radius 3 is 2.55 bits per heavy atom. The Balaban J connectivity index is 1.97. The molecular weight excluding hydrogens is 300 g/mol. The molecule has 2 rings (SSSR count). The van der Waals surface area contributed by atoms with Gasteiger partial charge in [-0.25, -0.2) is 4.39 Å². The van der Waals surface area contributed by atoms with Crippen LogP contribution in [0.3, 0.4) is 0 Å². The number of halogens is 3. The van der Waals surface area contributed by atoms with Crippen LogP contribution < -0.4 is 5.32 Å². The first-order valence-corrected chi connectivity index (χ1v) is 6.81. The van der Waals surface area contributed by atoms with Gasteiger partial charge in [0.1, 0.15) is 5.82 Å². The molecule has 2 nitrogen and oxygen atoms in total. The minimum atomic E-state index is -0.621. The van der Waals surface area contributed by atoms with Crippen molar-refractivity contribution in [1.29, 1.82) is 0 Å². The highest BCUT2D eigenvalue weighted by atomic mass is 35.5. The second kappa shape index (κ2) is 6.73. The predicted molar refractivity (Wildman–Crippen MR) is 78.8 cm³/mol. The van der Waals surface area contributed by atoms with E-state index in [1.165, 1.54) is 12.1 Å². The Bertz CT molecular complexity index is 604. The molecule has 0 bridgehead atoms. The number of nitrogens with one attached hydrogen (secondary N) is 1. The molecule has 0 aliphatic carbocycles. The molecule has 0 saturated carbocycles. The monoisotopic (exact) mass is 311 g/mol. The fourth-order valence-corrected chi connectivity index (χ4v) is 2.04. The number of amides is 1. The summed E-state index contributed by atoms with van der Waals surface area (Å²) in [5.41, 5.74) is 1.13. The molecule has 1 amide bonds. The predicted octanol–water partition coefficient (Wildman–Crippen LogP) is 4.19. The van der Waals surface area contributed by atoms with Gasteiger partial charge in [0.15, 0.2) is 0 Å². The van der Waals surface area contributed by atoms with E-state index in [9.17, 15) is 9.18 Å². The Morgan fingerprint density at radius 2 is 1.90 bits per heavy atom. The van der Waals surface area contributed by atoms with E-state index in [-0.39, 0.29) is 28.4 Å². The summed E-state index contributed by atoms with van der Waals surface area (Å²) in [5.74, 6) is -1.01. The maximum Gasteiger partial charge on any atom is 0.251 e. The Kier molecular flexibility index (Phi) is 4.99. The number of hydrogen-bond donors (Lipinski definition) is 1. The van der Waals surface area contributed by atoms with Crippen LogP contribution in [0.5, 0.6) is 0 Å². The minimum Gasteiger partial charge on any atom is -0.350 e. The molecule has 0 spiro atoms. The summed E-state index contributed by atoms with van der Waals surface area (Å²) in [4.78, 5) is 11.9. The number of carbonyl (C=O) groups excluding carboxylic acids is 1. The molecule has 1 unspecified atom stereocenters. The molecular formula is C15H12Cl2FNO. The SMILES string of the molecule is O=C(NCC(Cl)c1ccccc1)c1ccc(Cl)c(F)c1. The second-order valence-electron chi connectivity index (χ2n) is 4.22. The number of alkyl halides is 1. The fraction of sp³-hybridized carbons (Fsp3) is 0.133. The smallest absolute Gasteiger partial charge is 0.251 e. The van der Waals surface area contributed by atoms with Crippen LogP contribution in [0.4, 0.5) is 4.39 Å². The van der Waals surface area contributed by atoms with Crippen molar-refractivity contribution in [2.75, 3.05) is 6.54 Å². The van der Waals surface area contributed by atoms with Gasteiger partial charge in [0.05, 0.1) is 10.4 Å². The van der Waals surface area contributed by atoms with E-state index in [4.69, 9.17) is 23.2 Å². The number of rotatable bonds is 4. The van der Waals surface area contributed by atoms with Crippen LogP contribution in [-0.4, -0.2) is 12.5 Å². The molecule has 20 heavy (non-hydrogen) atoms. The summed E-state index contributed by atoms with van der Waals surface area (Å²) in [6.45, 7) is 0.259. The van der Waals surface area contributed by atoms with E-state index in [1.807, 2.05) is 30.3 Å². The van der Waals surface area contributed by atoms with Gasteiger partial charge in [-0.2, -0.15) is 0 Å². The molecule has 0 aliphatic rings. The molecule has 1 atom stereocenters. The summed E-state index contributed by atoms with van der Waals surface area (Å²) in [6.07, 6.45) is 0. The largest absolute Gasteiger partial charge is 0.350 e. The molecule has 0 aromatic heterocycles. The number of carbonyl (C=O) groups is 1. The lowest BCUT2D eigenvalue weighted by Gasteiger charge is -2.11. The van der Waals surface area contributed by atoms with Gasteiger partial charge in [-0.15, -0.1) is 11.6 Å². The van der Waals surface area contributed by atoms with Gasteiger partial charge in [-0.05, 0) is 23.8 Å². The molecule has 0 fully saturated rings. The third kappa shape index (κ3) is 3.71. The minimum absolute atomic E-state index is 0.0129. The highest BCUT2D eigenvalue weighted by Gasteiger charge is 2.12. The van der Waals surface area contributed by atoms with Crippen LogP contribution in [0.25, 0.3) is 0 Å². The van der Waals surface area contributed by atoms with Crippen LogP contribution in [-0.2, 0) is 0 Å². The summed E-state index contributed by atoms with van der Waals surface area (Å²) >= 11 is 11.7. The molecule has 0 aliphatic heterocycles. The van der Waals surface area contributed by atoms with Crippen molar-refractivity contribution in [2.45, 2.75) is 5.38 Å². The van der Waals surface area contributed by atoms with Gasteiger partial charge in [-0.3, -0.25) is 4.79 Å². The topological polar surface area (TPSA) is 29.1 Å². The molecule has 5 heteroatoms. The molecule has 2 aromatic carbocycles. The first-order chi connectivity index (χ1) is 9.58. The third-order valence-electron chi connectivity index (χ3n) is 2.78. The lowest BCUT2D eigenvalue weighted by atomic mass is 10.1. The van der Waals surface area contributed by atoms with Crippen LogP contribution in [0.2, 0.25) is 5.02 Å². The lowest BCUT2D eigenvalue weighted by molar-refractivity contribution is 0.0953. The van der Waals surface area contributed by atoms with Crippen molar-refractivity contribution < 1.29 is 9.18 Å². The summed E-state index contributed by atoms with van der Waals surface area (Å²) < 4.78 is 13.3. The summed E-state index contributed by atoms with van der Waals surface area (Å²) in [6, 6.07) is 13.3. The van der Waals surface area contributed by atoms with E-state index in [0.717, 1.165) is 11.6 Å². The van der Waals surface area contributed by atoms with Crippen molar-refractivity contribution in [2.24, 2.45) is 0 Å². The first-order valence-electron chi connectivity index (χ1n) is 6.00. The van der Waals surface area contributed by atoms with Gasteiger partial charge in [-0.1, -0.05) is 41.9 Å². The average molecular weight is 312 g/mol. The third-order valence-corrected chi connectivity index (χ3v) is 3.50. The van der Waals surface area contributed by atoms with Crippen LogP contribution in [0, 0.1) is 5.82 Å². The van der Waals surface area contributed by atoms with E-state index in [0.29, 0.717) is 0 Å². The van der Waals surface area contributed by atoms with E-state index < -0.39 is 5.82 Å². The van der Waals surface area contributed by atoms with E-state index in [1.54, 1.807) is 0 Å². The zero-order valence-corrected chi connectivity index (χ0v) is 12.0. The zero-order chi connectivity index (χ0) is 14.5. The molecule has 2 aromatic rings. The van der Waals surface area contributed by atoms with Crippen LogP contribution >= 0.6 is 23.2 Å². The molecule has 0 saturated heterocycles. The Hall–Kier alpha value is -1.58. The first kappa shape index (κ1) is 14.8. The van der Waals surface area contributed by atoms with Gasteiger partial charge < -0.3 is 5.32 Å². The molecule has 1 N–H and O–H groups in total. The Morgan fingerprint density at radius 1 is 1.20 bits per heavy atom. The normalized spacial score (nSPS) is 11.9. The second-order valence-corrected chi connectivity index (χ2v) is 5.15. The van der Waals surface area contributed by atoms with Crippen molar-refractivity contribution in [3.05, 3.63) is 70.5 Å². The number of benzene rings is 2. The fourth-order valence-electron chi connectivity index (χ4n) is 1.70. The van der Waals surface area contributed by atoms with Gasteiger partial charge >= 0.3 is 0 Å². The highest BCUT2D eigenvalue weighted by molar-refractivity contribution is 6.30. The van der Waals surface area contributed by atoms with Gasteiger partial charge in [0, 0.05) is 12.1 Å². The molecule has 0 heterocycles.